The summed E-state index contributed by atoms with van der Waals surface area (Å²) in [6.07, 6.45) is 4.73. The zero-order valence-electron chi connectivity index (χ0n) is 22.5. The number of carbonyl (C=O) groups is 1. The van der Waals surface area contributed by atoms with Crippen molar-refractivity contribution in [2.24, 2.45) is 11.8 Å². The smallest absolute Gasteiger partial charge is 0.245 e. The average Bonchev–Trinajstić information content (AvgIpc) is 3.59. The van der Waals surface area contributed by atoms with Crippen LogP contribution in [-0.4, -0.2) is 95.3 Å². The van der Waals surface area contributed by atoms with Crippen LogP contribution in [0.1, 0.15) is 44.7 Å². The van der Waals surface area contributed by atoms with Crippen molar-refractivity contribution in [1.29, 1.82) is 0 Å². The molecule has 1 atom stereocenters. The van der Waals surface area contributed by atoms with Gasteiger partial charge in [-0.2, -0.15) is 15.1 Å². The molecule has 2 N–H and O–H groups in total. The molecular weight excluding hydrogens is 466 g/mol. The Labute approximate surface area is 220 Å². The molecule has 2 aromatic rings. The highest BCUT2D eigenvalue weighted by atomic mass is 16.2. The average molecular weight is 508 g/mol. The minimum absolute atomic E-state index is 0.0616. The summed E-state index contributed by atoms with van der Waals surface area (Å²) in [4.78, 5) is 31.0. The second kappa shape index (κ2) is 11.1. The third kappa shape index (κ3) is 5.89. The second-order valence-electron chi connectivity index (χ2n) is 11.1. The first kappa shape index (κ1) is 25.5. The maximum atomic E-state index is 12.0. The molecule has 200 valence electrons. The first-order valence-electron chi connectivity index (χ1n) is 13.7. The van der Waals surface area contributed by atoms with Crippen LogP contribution >= 0.6 is 0 Å². The van der Waals surface area contributed by atoms with Gasteiger partial charge < -0.3 is 24.9 Å². The molecule has 0 spiro atoms. The van der Waals surface area contributed by atoms with Crippen molar-refractivity contribution in [1.82, 2.24) is 30.0 Å². The van der Waals surface area contributed by atoms with Gasteiger partial charge in [-0.15, -0.1) is 0 Å². The van der Waals surface area contributed by atoms with Gasteiger partial charge in [-0.05, 0) is 50.1 Å². The zero-order chi connectivity index (χ0) is 25.9. The van der Waals surface area contributed by atoms with Crippen LogP contribution in [0.5, 0.6) is 0 Å². The fourth-order valence-corrected chi connectivity index (χ4v) is 5.72. The van der Waals surface area contributed by atoms with Crippen molar-refractivity contribution in [2.75, 3.05) is 74.5 Å². The number of H-pyrrole nitrogens is 1. The van der Waals surface area contributed by atoms with Crippen LogP contribution in [0.2, 0.25) is 0 Å². The van der Waals surface area contributed by atoms with Gasteiger partial charge in [0.2, 0.25) is 11.9 Å². The van der Waals surface area contributed by atoms with Crippen LogP contribution in [-0.2, 0) is 4.79 Å². The van der Waals surface area contributed by atoms with Crippen molar-refractivity contribution in [3.63, 3.8) is 0 Å². The predicted molar refractivity (Wildman–Crippen MR) is 148 cm³/mol. The molecule has 3 saturated heterocycles. The Balaban J connectivity index is 1.30. The molecule has 3 aliphatic rings. The van der Waals surface area contributed by atoms with Gasteiger partial charge >= 0.3 is 0 Å². The van der Waals surface area contributed by atoms with Crippen LogP contribution in [0.25, 0.3) is 0 Å². The minimum Gasteiger partial charge on any atom is -0.354 e. The van der Waals surface area contributed by atoms with E-state index in [-0.39, 0.29) is 5.91 Å². The van der Waals surface area contributed by atoms with E-state index in [1.165, 1.54) is 6.08 Å². The summed E-state index contributed by atoms with van der Waals surface area (Å²) in [5, 5.41) is 11.0. The van der Waals surface area contributed by atoms with Crippen molar-refractivity contribution in [3.05, 3.63) is 30.5 Å². The lowest BCUT2D eigenvalue weighted by Crippen LogP contribution is -2.45. The Morgan fingerprint density at radius 1 is 1.00 bits per heavy atom. The number of anilines is 4. The molecule has 37 heavy (non-hydrogen) atoms. The highest BCUT2D eigenvalue weighted by Crippen LogP contribution is 2.34. The number of likely N-dealkylation sites (tertiary alicyclic amines) is 1. The Kier molecular flexibility index (Phi) is 7.64. The lowest BCUT2D eigenvalue weighted by molar-refractivity contribution is -0.125. The number of nitrogens with zero attached hydrogens (tertiary/aromatic N) is 7. The number of hydrogen-bond donors (Lipinski definition) is 2. The molecule has 0 aliphatic carbocycles. The Bertz CT molecular complexity index is 1080. The van der Waals surface area contributed by atoms with Crippen molar-refractivity contribution >= 4 is 29.3 Å². The Morgan fingerprint density at radius 3 is 2.41 bits per heavy atom. The van der Waals surface area contributed by atoms with Gasteiger partial charge in [0.25, 0.3) is 0 Å². The molecule has 0 radical (unpaired) electrons. The summed E-state index contributed by atoms with van der Waals surface area (Å²) in [6.45, 7) is 15.5. The summed E-state index contributed by atoms with van der Waals surface area (Å²) in [6, 6.07) is 4.10. The summed E-state index contributed by atoms with van der Waals surface area (Å²) in [5.74, 6) is 4.96. The number of likely N-dealkylation sites (N-methyl/N-ethyl adjacent to an activating group) is 1. The molecule has 0 bridgehead atoms. The number of amides is 1. The molecule has 5 heterocycles. The van der Waals surface area contributed by atoms with E-state index in [1.807, 2.05) is 4.90 Å². The van der Waals surface area contributed by atoms with Gasteiger partial charge in [0.05, 0.1) is 0 Å². The maximum Gasteiger partial charge on any atom is 0.245 e. The van der Waals surface area contributed by atoms with Gasteiger partial charge in [0.1, 0.15) is 11.6 Å². The highest BCUT2D eigenvalue weighted by molar-refractivity contribution is 5.87. The molecule has 3 fully saturated rings. The first-order chi connectivity index (χ1) is 17.9. The summed E-state index contributed by atoms with van der Waals surface area (Å²) < 4.78 is 0. The van der Waals surface area contributed by atoms with Crippen LogP contribution < -0.4 is 15.1 Å². The quantitative estimate of drug-likeness (QED) is 0.552. The van der Waals surface area contributed by atoms with Gasteiger partial charge in [0.15, 0.2) is 5.82 Å². The zero-order valence-corrected chi connectivity index (χ0v) is 22.5. The van der Waals surface area contributed by atoms with E-state index in [0.717, 1.165) is 101 Å². The van der Waals surface area contributed by atoms with Crippen molar-refractivity contribution in [3.8, 4) is 0 Å². The predicted octanol–water partition coefficient (Wildman–Crippen LogP) is 3.07. The third-order valence-corrected chi connectivity index (χ3v) is 8.20. The van der Waals surface area contributed by atoms with E-state index >= 15 is 0 Å². The largest absolute Gasteiger partial charge is 0.354 e. The highest BCUT2D eigenvalue weighted by Gasteiger charge is 2.34. The van der Waals surface area contributed by atoms with Gasteiger partial charge in [-0.3, -0.25) is 9.89 Å². The van der Waals surface area contributed by atoms with Crippen molar-refractivity contribution < 1.29 is 4.79 Å². The Hall–Kier alpha value is -3.14. The Morgan fingerprint density at radius 2 is 1.73 bits per heavy atom. The number of piperidine rings is 1. The maximum absolute atomic E-state index is 12.0. The van der Waals surface area contributed by atoms with Crippen LogP contribution in [0.15, 0.2) is 24.8 Å². The normalized spacial score (nSPS) is 21.6. The van der Waals surface area contributed by atoms with E-state index < -0.39 is 0 Å². The van der Waals surface area contributed by atoms with Crippen LogP contribution in [0.4, 0.5) is 23.4 Å². The molecular formula is C27H41N9O. The number of aromatic amines is 1. The fourth-order valence-electron chi connectivity index (χ4n) is 5.72. The number of hydrogen-bond acceptors (Lipinski definition) is 8. The molecule has 10 heteroatoms. The van der Waals surface area contributed by atoms with Gasteiger partial charge in [-0.25, -0.2) is 0 Å². The molecule has 1 amide bonds. The van der Waals surface area contributed by atoms with Crippen LogP contribution in [0.3, 0.4) is 0 Å². The van der Waals surface area contributed by atoms with E-state index in [4.69, 9.17) is 9.97 Å². The molecule has 0 saturated carbocycles. The number of aromatic nitrogens is 4. The molecule has 2 aromatic heterocycles. The first-order valence-corrected chi connectivity index (χ1v) is 13.7. The van der Waals surface area contributed by atoms with E-state index in [9.17, 15) is 4.79 Å². The van der Waals surface area contributed by atoms with E-state index in [1.54, 1.807) is 0 Å². The number of piperazine rings is 1. The lowest BCUT2D eigenvalue weighted by atomic mass is 9.84. The molecule has 0 aromatic carbocycles. The summed E-state index contributed by atoms with van der Waals surface area (Å²) in [5.41, 5.74) is 1.10. The molecule has 5 rings (SSSR count). The topological polar surface area (TPSA) is 96.5 Å². The second-order valence-corrected chi connectivity index (χ2v) is 11.1. The molecule has 10 nitrogen and oxygen atoms in total. The van der Waals surface area contributed by atoms with Crippen molar-refractivity contribution in [2.45, 2.75) is 39.0 Å². The monoisotopic (exact) mass is 507 g/mol. The van der Waals surface area contributed by atoms with E-state index in [2.05, 4.69) is 69.8 Å². The lowest BCUT2D eigenvalue weighted by Gasteiger charge is -2.36. The number of carbonyl (C=O) groups excluding carboxylic acids is 1. The minimum atomic E-state index is 0.0616. The summed E-state index contributed by atoms with van der Waals surface area (Å²) >= 11 is 0. The van der Waals surface area contributed by atoms with Crippen LogP contribution in [0, 0.1) is 11.8 Å². The molecule has 1 unspecified atom stereocenters. The summed E-state index contributed by atoms with van der Waals surface area (Å²) in [7, 11) is 2.17. The van der Waals surface area contributed by atoms with Gasteiger partial charge in [-0.1, -0.05) is 20.4 Å². The number of nitrogens with one attached hydrogen (secondary N) is 2. The van der Waals surface area contributed by atoms with E-state index in [0.29, 0.717) is 17.8 Å². The SMILES string of the molecule is C=CC(=O)N1CCC(C2CCN(c3nc(Nc4cc(C(C)C)[nH]n4)cc(N4CCN(C)CC4)n3)CC2)C1. The number of rotatable bonds is 7. The fraction of sp³-hybridized carbons (Fsp3) is 0.630. The standard InChI is InChI=1S/C27H41N9O/c1-5-26(37)36-11-8-21(18-36)20-6-9-35(10-7-20)27-29-23(28-24-16-22(19(2)3)31-32-24)17-25(30-27)34-14-12-33(4)13-15-34/h5,16-17,19-21H,1,6-15,18H2,2-4H3,(H2,28,29,30,31,32). The van der Waals surface area contributed by atoms with Gasteiger partial charge in [0, 0.05) is 70.2 Å². The third-order valence-electron chi connectivity index (χ3n) is 8.20. The molecule has 3 aliphatic heterocycles.